The van der Waals surface area contributed by atoms with E-state index in [1.807, 2.05) is 0 Å². The summed E-state index contributed by atoms with van der Waals surface area (Å²) in [5.41, 5.74) is 5.60. The Labute approximate surface area is 104 Å². The SMILES string of the molecule is CN(CCCC(=O)O)C(=O)c1cn(CCN)nn1. The van der Waals surface area contributed by atoms with Crippen LogP contribution < -0.4 is 5.73 Å². The molecule has 0 aliphatic carbocycles. The van der Waals surface area contributed by atoms with Crippen molar-refractivity contribution in [2.75, 3.05) is 20.1 Å². The quantitative estimate of drug-likeness (QED) is 0.657. The molecular formula is C10H17N5O3. The Bertz CT molecular complexity index is 417. The van der Waals surface area contributed by atoms with Gasteiger partial charge in [-0.25, -0.2) is 0 Å². The van der Waals surface area contributed by atoms with Crippen LogP contribution in [0.15, 0.2) is 6.20 Å². The number of carboxylic acid groups (broad SMARTS) is 1. The van der Waals surface area contributed by atoms with Gasteiger partial charge in [0.05, 0.1) is 12.7 Å². The van der Waals surface area contributed by atoms with Crippen molar-refractivity contribution in [3.63, 3.8) is 0 Å². The zero-order valence-electron chi connectivity index (χ0n) is 10.2. The van der Waals surface area contributed by atoms with E-state index in [4.69, 9.17) is 10.8 Å². The lowest BCUT2D eigenvalue weighted by molar-refractivity contribution is -0.137. The first kappa shape index (κ1) is 14.1. The first-order valence-electron chi connectivity index (χ1n) is 5.62. The van der Waals surface area contributed by atoms with E-state index in [9.17, 15) is 9.59 Å². The van der Waals surface area contributed by atoms with Crippen LogP contribution >= 0.6 is 0 Å². The minimum absolute atomic E-state index is 0.0392. The number of carbonyl (C=O) groups is 2. The highest BCUT2D eigenvalue weighted by atomic mass is 16.4. The molecule has 18 heavy (non-hydrogen) atoms. The monoisotopic (exact) mass is 255 g/mol. The third-order valence-electron chi connectivity index (χ3n) is 2.35. The molecule has 3 N–H and O–H groups in total. The predicted octanol–water partition coefficient (Wildman–Crippen LogP) is -0.826. The minimum Gasteiger partial charge on any atom is -0.481 e. The van der Waals surface area contributed by atoms with Crippen molar-refractivity contribution in [1.82, 2.24) is 19.9 Å². The first-order chi connectivity index (χ1) is 8.54. The van der Waals surface area contributed by atoms with Crippen molar-refractivity contribution in [3.8, 4) is 0 Å². The molecule has 0 aliphatic rings. The van der Waals surface area contributed by atoms with Gasteiger partial charge in [-0.1, -0.05) is 5.21 Å². The zero-order chi connectivity index (χ0) is 13.5. The topological polar surface area (TPSA) is 114 Å². The van der Waals surface area contributed by atoms with Crippen LogP contribution in [0.3, 0.4) is 0 Å². The van der Waals surface area contributed by atoms with Crippen LogP contribution in [0.4, 0.5) is 0 Å². The van der Waals surface area contributed by atoms with Crippen LogP contribution in [-0.2, 0) is 11.3 Å². The average Bonchev–Trinajstić information content (AvgIpc) is 2.76. The molecule has 0 unspecified atom stereocenters. The second-order valence-electron chi connectivity index (χ2n) is 3.88. The van der Waals surface area contributed by atoms with Gasteiger partial charge >= 0.3 is 5.97 Å². The fourth-order valence-electron chi connectivity index (χ4n) is 1.40. The molecule has 1 aromatic rings. The van der Waals surface area contributed by atoms with E-state index in [0.717, 1.165) is 0 Å². The lowest BCUT2D eigenvalue weighted by Crippen LogP contribution is -2.28. The summed E-state index contributed by atoms with van der Waals surface area (Å²) in [4.78, 5) is 23.7. The van der Waals surface area contributed by atoms with Crippen molar-refractivity contribution in [3.05, 3.63) is 11.9 Å². The Balaban J connectivity index is 2.48. The van der Waals surface area contributed by atoms with E-state index < -0.39 is 5.97 Å². The first-order valence-corrected chi connectivity index (χ1v) is 5.62. The molecule has 8 nitrogen and oxygen atoms in total. The second kappa shape index (κ2) is 6.70. The molecule has 0 aliphatic heterocycles. The lowest BCUT2D eigenvalue weighted by atomic mass is 10.3. The van der Waals surface area contributed by atoms with Crippen LogP contribution in [0.25, 0.3) is 0 Å². The zero-order valence-corrected chi connectivity index (χ0v) is 10.2. The molecule has 1 amide bonds. The Morgan fingerprint density at radius 1 is 1.56 bits per heavy atom. The number of hydrogen-bond acceptors (Lipinski definition) is 5. The van der Waals surface area contributed by atoms with Crippen LogP contribution in [-0.4, -0.2) is 57.0 Å². The van der Waals surface area contributed by atoms with E-state index in [0.29, 0.717) is 26.1 Å². The number of aliphatic carboxylic acids is 1. The highest BCUT2D eigenvalue weighted by Gasteiger charge is 2.15. The van der Waals surface area contributed by atoms with Crippen molar-refractivity contribution < 1.29 is 14.7 Å². The van der Waals surface area contributed by atoms with Gasteiger partial charge in [0.15, 0.2) is 5.69 Å². The van der Waals surface area contributed by atoms with Gasteiger partial charge in [0.2, 0.25) is 0 Å². The molecule has 0 bridgehead atoms. The van der Waals surface area contributed by atoms with E-state index in [-0.39, 0.29) is 18.0 Å². The fourth-order valence-corrected chi connectivity index (χ4v) is 1.40. The minimum atomic E-state index is -0.871. The molecule has 0 atom stereocenters. The van der Waals surface area contributed by atoms with Gasteiger partial charge in [0, 0.05) is 26.6 Å². The van der Waals surface area contributed by atoms with E-state index in [1.54, 1.807) is 7.05 Å². The highest BCUT2D eigenvalue weighted by Crippen LogP contribution is 2.01. The van der Waals surface area contributed by atoms with E-state index in [2.05, 4.69) is 10.3 Å². The second-order valence-corrected chi connectivity index (χ2v) is 3.88. The molecule has 100 valence electrons. The number of rotatable bonds is 7. The van der Waals surface area contributed by atoms with Crippen LogP contribution in [0.5, 0.6) is 0 Å². The summed E-state index contributed by atoms with van der Waals surface area (Å²) in [6.45, 7) is 1.29. The molecule has 0 aromatic carbocycles. The molecule has 0 fully saturated rings. The van der Waals surface area contributed by atoms with Crippen molar-refractivity contribution in [1.29, 1.82) is 0 Å². The van der Waals surface area contributed by atoms with Gasteiger partial charge in [-0.2, -0.15) is 0 Å². The highest BCUT2D eigenvalue weighted by molar-refractivity contribution is 5.91. The molecular weight excluding hydrogens is 238 g/mol. The van der Waals surface area contributed by atoms with Gasteiger partial charge < -0.3 is 15.7 Å². The number of nitrogens with two attached hydrogens (primary N) is 1. The summed E-state index contributed by atoms with van der Waals surface area (Å²) >= 11 is 0. The standard InChI is InChI=1S/C10H17N5O3/c1-14(5-2-3-9(16)17)10(18)8-7-15(6-4-11)13-12-8/h7H,2-6,11H2,1H3,(H,16,17). The summed E-state index contributed by atoms with van der Waals surface area (Å²) in [5.74, 6) is -1.15. The Hall–Kier alpha value is -1.96. The summed E-state index contributed by atoms with van der Waals surface area (Å²) < 4.78 is 1.50. The van der Waals surface area contributed by atoms with Crippen molar-refractivity contribution in [2.45, 2.75) is 19.4 Å². The fraction of sp³-hybridized carbons (Fsp3) is 0.600. The molecule has 8 heteroatoms. The molecule has 0 saturated carbocycles. The van der Waals surface area contributed by atoms with E-state index in [1.165, 1.54) is 15.8 Å². The van der Waals surface area contributed by atoms with Crippen molar-refractivity contribution >= 4 is 11.9 Å². The molecule has 1 heterocycles. The van der Waals surface area contributed by atoms with Gasteiger partial charge in [-0.3, -0.25) is 14.3 Å². The van der Waals surface area contributed by atoms with Crippen LogP contribution in [0.1, 0.15) is 23.3 Å². The largest absolute Gasteiger partial charge is 0.481 e. The third kappa shape index (κ3) is 4.13. The molecule has 1 aromatic heterocycles. The van der Waals surface area contributed by atoms with Crippen molar-refractivity contribution in [2.24, 2.45) is 5.73 Å². The summed E-state index contributed by atoms with van der Waals surface area (Å²) in [5, 5.41) is 16.0. The number of amides is 1. The maximum Gasteiger partial charge on any atom is 0.303 e. The molecule has 0 saturated heterocycles. The molecule has 0 radical (unpaired) electrons. The smallest absolute Gasteiger partial charge is 0.303 e. The normalized spacial score (nSPS) is 10.3. The average molecular weight is 255 g/mol. The van der Waals surface area contributed by atoms with Crippen LogP contribution in [0.2, 0.25) is 0 Å². The van der Waals surface area contributed by atoms with E-state index >= 15 is 0 Å². The maximum absolute atomic E-state index is 11.9. The number of carbonyl (C=O) groups excluding carboxylic acids is 1. The number of carboxylic acids is 1. The third-order valence-corrected chi connectivity index (χ3v) is 2.35. The van der Waals surface area contributed by atoms with Gasteiger partial charge in [0.25, 0.3) is 5.91 Å². The number of nitrogens with zero attached hydrogens (tertiary/aromatic N) is 4. The van der Waals surface area contributed by atoms with Gasteiger partial charge in [0.1, 0.15) is 0 Å². The Morgan fingerprint density at radius 3 is 2.89 bits per heavy atom. The maximum atomic E-state index is 11.9. The summed E-state index contributed by atoms with van der Waals surface area (Å²) in [6, 6.07) is 0. The summed E-state index contributed by atoms with van der Waals surface area (Å²) in [6.07, 6.45) is 1.98. The lowest BCUT2D eigenvalue weighted by Gasteiger charge is -2.14. The number of hydrogen-bond donors (Lipinski definition) is 2. The molecule has 1 rings (SSSR count). The number of aromatic nitrogens is 3. The molecule has 0 spiro atoms. The van der Waals surface area contributed by atoms with Gasteiger partial charge in [-0.05, 0) is 6.42 Å². The predicted molar refractivity (Wildman–Crippen MR) is 62.9 cm³/mol. The van der Waals surface area contributed by atoms with Crippen LogP contribution in [0, 0.1) is 0 Å². The van der Waals surface area contributed by atoms with Gasteiger partial charge in [-0.15, -0.1) is 5.10 Å². The Morgan fingerprint density at radius 2 is 2.28 bits per heavy atom. The summed E-state index contributed by atoms with van der Waals surface area (Å²) in [7, 11) is 1.60. The Kier molecular flexibility index (Phi) is 5.25.